The van der Waals surface area contributed by atoms with Gasteiger partial charge in [0.15, 0.2) is 0 Å². The van der Waals surface area contributed by atoms with Gasteiger partial charge in [-0.3, -0.25) is 4.79 Å². The summed E-state index contributed by atoms with van der Waals surface area (Å²) in [6.45, 7) is 6.79. The van der Waals surface area contributed by atoms with Crippen LogP contribution in [0.5, 0.6) is 0 Å². The Morgan fingerprint density at radius 1 is 1.21 bits per heavy atom. The highest BCUT2D eigenvalue weighted by Crippen LogP contribution is 2.14. The number of benzene rings is 1. The highest BCUT2D eigenvalue weighted by atomic mass is 35.5. The molecule has 0 aliphatic heterocycles. The second-order valence-electron chi connectivity index (χ2n) is 4.78. The van der Waals surface area contributed by atoms with Gasteiger partial charge >= 0.3 is 0 Å². The van der Waals surface area contributed by atoms with Gasteiger partial charge in [0.25, 0.3) is 0 Å². The molecule has 4 heteroatoms. The summed E-state index contributed by atoms with van der Waals surface area (Å²) in [5.74, 6) is 0.0868. The van der Waals surface area contributed by atoms with E-state index in [1.165, 1.54) is 5.56 Å². The Hall–Kier alpha value is -1.06. The van der Waals surface area contributed by atoms with Crippen LogP contribution in [-0.4, -0.2) is 19.5 Å². The molecule has 2 atom stereocenters. The first-order valence-corrected chi connectivity index (χ1v) is 6.62. The largest absolute Gasteiger partial charge is 0.349 e. The van der Waals surface area contributed by atoms with Crippen LogP contribution in [0.4, 0.5) is 0 Å². The first-order chi connectivity index (χ1) is 8.58. The van der Waals surface area contributed by atoms with Crippen LogP contribution in [0.15, 0.2) is 24.3 Å². The van der Waals surface area contributed by atoms with E-state index in [-0.39, 0.29) is 30.3 Å². The molecule has 1 amide bonds. The molecule has 0 aromatic heterocycles. The minimum atomic E-state index is -0.00707. The zero-order chi connectivity index (χ0) is 13.5. The Morgan fingerprint density at radius 3 is 2.26 bits per heavy atom. The number of aryl methyl sites for hydroxylation is 1. The van der Waals surface area contributed by atoms with Gasteiger partial charge in [-0.15, -0.1) is 12.4 Å². The van der Waals surface area contributed by atoms with Gasteiger partial charge in [0.1, 0.15) is 0 Å². The van der Waals surface area contributed by atoms with Crippen molar-refractivity contribution in [3.8, 4) is 0 Å². The zero-order valence-electron chi connectivity index (χ0n) is 12.2. The van der Waals surface area contributed by atoms with Crippen LogP contribution in [0.2, 0.25) is 0 Å². The maximum Gasteiger partial charge on any atom is 0.224 e. The van der Waals surface area contributed by atoms with Crippen molar-refractivity contribution in [1.29, 1.82) is 0 Å². The van der Waals surface area contributed by atoms with Gasteiger partial charge in [0.2, 0.25) is 5.91 Å². The van der Waals surface area contributed by atoms with Crippen LogP contribution in [0, 0.1) is 5.92 Å². The molecule has 0 aliphatic carbocycles. The van der Waals surface area contributed by atoms with Crippen molar-refractivity contribution in [2.24, 2.45) is 5.92 Å². The van der Waals surface area contributed by atoms with Crippen molar-refractivity contribution in [2.75, 3.05) is 13.6 Å². The van der Waals surface area contributed by atoms with Crippen LogP contribution in [0.1, 0.15) is 37.9 Å². The summed E-state index contributed by atoms with van der Waals surface area (Å²) in [6.07, 6.45) is 1.04. The van der Waals surface area contributed by atoms with Gasteiger partial charge in [-0.2, -0.15) is 0 Å². The van der Waals surface area contributed by atoms with E-state index >= 15 is 0 Å². The molecule has 0 saturated carbocycles. The van der Waals surface area contributed by atoms with Gasteiger partial charge in [0.05, 0.1) is 6.04 Å². The average Bonchev–Trinajstić information content (AvgIpc) is 2.39. The second kappa shape index (κ2) is 8.94. The van der Waals surface area contributed by atoms with Crippen LogP contribution < -0.4 is 10.6 Å². The summed E-state index contributed by atoms with van der Waals surface area (Å²) < 4.78 is 0. The van der Waals surface area contributed by atoms with E-state index in [2.05, 4.69) is 41.8 Å². The lowest BCUT2D eigenvalue weighted by Crippen LogP contribution is -2.35. The fourth-order valence-electron chi connectivity index (χ4n) is 1.88. The molecule has 0 aliphatic rings. The smallest absolute Gasteiger partial charge is 0.224 e. The van der Waals surface area contributed by atoms with Crippen LogP contribution in [0.3, 0.4) is 0 Å². The van der Waals surface area contributed by atoms with E-state index in [9.17, 15) is 4.79 Å². The number of nitrogens with one attached hydrogen (secondary N) is 2. The van der Waals surface area contributed by atoms with Crippen molar-refractivity contribution in [3.63, 3.8) is 0 Å². The molecule has 1 aromatic carbocycles. The number of hydrogen-bond donors (Lipinski definition) is 2. The van der Waals surface area contributed by atoms with E-state index in [1.54, 1.807) is 0 Å². The third-order valence-corrected chi connectivity index (χ3v) is 3.20. The number of hydrogen-bond acceptors (Lipinski definition) is 2. The van der Waals surface area contributed by atoms with Crippen LogP contribution >= 0.6 is 12.4 Å². The number of carbonyl (C=O) groups is 1. The Balaban J connectivity index is 0.00000324. The quantitative estimate of drug-likeness (QED) is 0.843. The Kier molecular flexibility index (Phi) is 8.44. The summed E-state index contributed by atoms with van der Waals surface area (Å²) in [4.78, 5) is 11.9. The van der Waals surface area contributed by atoms with Crippen LogP contribution in [0.25, 0.3) is 0 Å². The van der Waals surface area contributed by atoms with E-state index < -0.39 is 0 Å². The van der Waals surface area contributed by atoms with E-state index in [0.717, 1.165) is 12.0 Å². The van der Waals surface area contributed by atoms with E-state index in [4.69, 9.17) is 0 Å². The van der Waals surface area contributed by atoms with Crippen molar-refractivity contribution in [1.82, 2.24) is 10.6 Å². The molecule has 2 N–H and O–H groups in total. The molecule has 3 nitrogen and oxygen atoms in total. The molecule has 108 valence electrons. The normalized spacial score (nSPS) is 13.3. The minimum absolute atomic E-state index is 0. The fraction of sp³-hybridized carbons (Fsp3) is 0.533. The molecule has 1 rings (SSSR count). The third-order valence-electron chi connectivity index (χ3n) is 3.20. The standard InChI is InChI=1S/C15H24N2O.ClH/c1-5-13-6-8-14(9-7-13)12(3)17-15(18)11(2)10-16-4;/h6-9,11-12,16H,5,10H2,1-4H3,(H,17,18);1H. The SMILES string of the molecule is CCc1ccc(C(C)NC(=O)C(C)CNC)cc1.Cl. The third kappa shape index (κ3) is 5.62. The molecule has 0 radical (unpaired) electrons. The first kappa shape index (κ1) is 17.9. The molecule has 0 heterocycles. The van der Waals surface area contributed by atoms with E-state index in [0.29, 0.717) is 6.54 Å². The molecule has 0 saturated heterocycles. The van der Waals surface area contributed by atoms with Crippen molar-refractivity contribution >= 4 is 18.3 Å². The number of rotatable bonds is 6. The average molecular weight is 285 g/mol. The fourth-order valence-corrected chi connectivity index (χ4v) is 1.88. The molecule has 0 bridgehead atoms. The van der Waals surface area contributed by atoms with Crippen molar-refractivity contribution < 1.29 is 4.79 Å². The Bertz CT molecular complexity index is 378. The summed E-state index contributed by atoms with van der Waals surface area (Å²) in [6, 6.07) is 8.48. The summed E-state index contributed by atoms with van der Waals surface area (Å²) in [5.41, 5.74) is 2.47. The monoisotopic (exact) mass is 284 g/mol. The highest BCUT2D eigenvalue weighted by Gasteiger charge is 2.15. The molecule has 0 fully saturated rings. The number of carbonyl (C=O) groups excluding carboxylic acids is 1. The molecular formula is C15H25ClN2O. The molecular weight excluding hydrogens is 260 g/mol. The maximum atomic E-state index is 11.9. The lowest BCUT2D eigenvalue weighted by Gasteiger charge is -2.18. The zero-order valence-corrected chi connectivity index (χ0v) is 13.0. The molecule has 0 spiro atoms. The highest BCUT2D eigenvalue weighted by molar-refractivity contribution is 5.85. The second-order valence-corrected chi connectivity index (χ2v) is 4.78. The molecule has 1 aromatic rings. The van der Waals surface area contributed by atoms with E-state index in [1.807, 2.05) is 20.9 Å². The van der Waals surface area contributed by atoms with Crippen molar-refractivity contribution in [3.05, 3.63) is 35.4 Å². The van der Waals surface area contributed by atoms with Gasteiger partial charge in [0, 0.05) is 12.5 Å². The number of amides is 1. The first-order valence-electron chi connectivity index (χ1n) is 6.62. The number of halogens is 1. The predicted molar refractivity (Wildman–Crippen MR) is 82.7 cm³/mol. The Labute approximate surface area is 122 Å². The Morgan fingerprint density at radius 2 is 1.79 bits per heavy atom. The lowest BCUT2D eigenvalue weighted by atomic mass is 10.0. The van der Waals surface area contributed by atoms with Gasteiger partial charge < -0.3 is 10.6 Å². The molecule has 19 heavy (non-hydrogen) atoms. The van der Waals surface area contributed by atoms with Gasteiger partial charge in [-0.05, 0) is 31.5 Å². The molecule has 2 unspecified atom stereocenters. The van der Waals surface area contributed by atoms with Gasteiger partial charge in [-0.25, -0.2) is 0 Å². The van der Waals surface area contributed by atoms with Gasteiger partial charge in [-0.1, -0.05) is 38.1 Å². The maximum absolute atomic E-state index is 11.9. The topological polar surface area (TPSA) is 41.1 Å². The summed E-state index contributed by atoms with van der Waals surface area (Å²) in [5, 5.41) is 6.05. The minimum Gasteiger partial charge on any atom is -0.349 e. The van der Waals surface area contributed by atoms with Crippen molar-refractivity contribution in [2.45, 2.75) is 33.2 Å². The summed E-state index contributed by atoms with van der Waals surface area (Å²) >= 11 is 0. The summed E-state index contributed by atoms with van der Waals surface area (Å²) in [7, 11) is 1.86. The lowest BCUT2D eigenvalue weighted by molar-refractivity contribution is -0.125. The predicted octanol–water partition coefficient (Wildman–Crippen LogP) is 2.70. The van der Waals surface area contributed by atoms with Crippen LogP contribution in [-0.2, 0) is 11.2 Å².